The van der Waals surface area contributed by atoms with Crippen LogP contribution in [0.2, 0.25) is 0 Å². The van der Waals surface area contributed by atoms with E-state index in [-0.39, 0.29) is 6.79 Å². The molecule has 0 aromatic heterocycles. The monoisotopic (exact) mass is 337 g/mol. The van der Waals surface area contributed by atoms with E-state index in [4.69, 9.17) is 9.47 Å². The van der Waals surface area contributed by atoms with Crippen LogP contribution in [0.15, 0.2) is 15.5 Å². The predicted octanol–water partition coefficient (Wildman–Crippen LogP) is 3.85. The number of isocyanates is 1. The van der Waals surface area contributed by atoms with Gasteiger partial charge in [-0.25, -0.2) is 4.79 Å². The lowest BCUT2D eigenvalue weighted by Gasteiger charge is -2.26. The van der Waals surface area contributed by atoms with E-state index in [1.807, 2.05) is 6.07 Å². The number of hydrogen-bond donors (Lipinski definition) is 0. The second-order valence-electron chi connectivity index (χ2n) is 5.25. The van der Waals surface area contributed by atoms with Gasteiger partial charge in [0.25, 0.3) is 0 Å². The Morgan fingerprint density at radius 3 is 2.80 bits per heavy atom. The van der Waals surface area contributed by atoms with Gasteiger partial charge in [-0.3, -0.25) is 0 Å². The van der Waals surface area contributed by atoms with Crippen molar-refractivity contribution in [3.8, 4) is 11.5 Å². The van der Waals surface area contributed by atoms with Gasteiger partial charge in [-0.05, 0) is 52.4 Å². The number of fused-ring (bicyclic) bond motifs is 1. The minimum Gasteiger partial charge on any atom is -0.454 e. The van der Waals surface area contributed by atoms with Crippen LogP contribution in [0, 0.1) is 0 Å². The van der Waals surface area contributed by atoms with Crippen molar-refractivity contribution in [1.29, 1.82) is 0 Å². The van der Waals surface area contributed by atoms with Crippen LogP contribution < -0.4 is 9.47 Å². The molecule has 1 aliphatic carbocycles. The van der Waals surface area contributed by atoms with Crippen LogP contribution in [-0.2, 0) is 16.8 Å². The molecule has 0 saturated heterocycles. The Morgan fingerprint density at radius 2 is 2.15 bits per heavy atom. The third-order valence-corrected chi connectivity index (χ3v) is 5.09. The lowest BCUT2D eigenvalue weighted by molar-refractivity contribution is 0.173. The van der Waals surface area contributed by atoms with Gasteiger partial charge in [-0.15, -0.1) is 0 Å². The van der Waals surface area contributed by atoms with Crippen LogP contribution >= 0.6 is 15.9 Å². The van der Waals surface area contributed by atoms with Crippen molar-refractivity contribution < 1.29 is 14.3 Å². The SMILES string of the molecule is CCc1c(C2(N=C=O)CCCC2)cc2c(c1Br)OCO2. The average molecular weight is 338 g/mol. The van der Waals surface area contributed by atoms with Gasteiger partial charge in [-0.1, -0.05) is 19.8 Å². The molecule has 4 nitrogen and oxygen atoms in total. The third-order valence-electron chi connectivity index (χ3n) is 4.25. The molecule has 0 atom stereocenters. The zero-order valence-corrected chi connectivity index (χ0v) is 13.0. The van der Waals surface area contributed by atoms with Crippen LogP contribution in [0.3, 0.4) is 0 Å². The number of carbonyl (C=O) groups excluding carboxylic acids is 1. The molecular weight excluding hydrogens is 322 g/mol. The molecule has 2 aliphatic rings. The summed E-state index contributed by atoms with van der Waals surface area (Å²) in [5.41, 5.74) is 1.79. The molecule has 0 spiro atoms. The van der Waals surface area contributed by atoms with Gasteiger partial charge in [0, 0.05) is 0 Å². The van der Waals surface area contributed by atoms with Gasteiger partial charge in [0.1, 0.15) is 0 Å². The maximum absolute atomic E-state index is 10.9. The molecule has 0 unspecified atom stereocenters. The van der Waals surface area contributed by atoms with Crippen molar-refractivity contribution in [2.45, 2.75) is 44.6 Å². The molecule has 1 fully saturated rings. The first-order valence-corrected chi connectivity index (χ1v) is 7.71. The number of nitrogens with zero attached hydrogens (tertiary/aromatic N) is 1. The number of halogens is 1. The third kappa shape index (κ3) is 1.97. The first kappa shape index (κ1) is 13.7. The molecule has 1 saturated carbocycles. The molecule has 0 amide bonds. The Labute approximate surface area is 126 Å². The molecule has 0 radical (unpaired) electrons. The van der Waals surface area contributed by atoms with Crippen molar-refractivity contribution >= 4 is 22.0 Å². The van der Waals surface area contributed by atoms with Crippen LogP contribution in [0.4, 0.5) is 0 Å². The van der Waals surface area contributed by atoms with E-state index >= 15 is 0 Å². The number of rotatable bonds is 3. The molecular formula is C15H16BrNO3. The minimum atomic E-state index is -0.434. The highest BCUT2D eigenvalue weighted by molar-refractivity contribution is 9.10. The predicted molar refractivity (Wildman–Crippen MR) is 77.9 cm³/mol. The van der Waals surface area contributed by atoms with E-state index in [0.29, 0.717) is 0 Å². The molecule has 3 rings (SSSR count). The molecule has 1 aromatic rings. The van der Waals surface area contributed by atoms with Crippen LogP contribution in [0.25, 0.3) is 0 Å². The van der Waals surface area contributed by atoms with E-state index in [0.717, 1.165) is 59.2 Å². The molecule has 20 heavy (non-hydrogen) atoms. The molecule has 1 aromatic carbocycles. The highest BCUT2D eigenvalue weighted by Gasteiger charge is 2.39. The summed E-state index contributed by atoms with van der Waals surface area (Å²) >= 11 is 3.62. The molecule has 1 aliphatic heterocycles. The van der Waals surface area contributed by atoms with Gasteiger partial charge >= 0.3 is 0 Å². The fraction of sp³-hybridized carbons (Fsp3) is 0.533. The summed E-state index contributed by atoms with van der Waals surface area (Å²) in [5, 5.41) is 0. The zero-order valence-electron chi connectivity index (χ0n) is 11.4. The minimum absolute atomic E-state index is 0.241. The quantitative estimate of drug-likeness (QED) is 0.621. The van der Waals surface area contributed by atoms with E-state index in [1.165, 1.54) is 0 Å². The zero-order chi connectivity index (χ0) is 14.2. The van der Waals surface area contributed by atoms with Gasteiger partial charge in [0.05, 0.1) is 10.0 Å². The fourth-order valence-electron chi connectivity index (χ4n) is 3.29. The van der Waals surface area contributed by atoms with Crippen LogP contribution in [0.1, 0.15) is 43.7 Å². The standard InChI is InChI=1S/C15H16BrNO3/c1-2-10-11(15(17-8-18)5-3-4-6-15)7-12-14(13(10)16)20-9-19-12/h7H,2-6,9H2,1H3. The number of benzene rings is 1. The van der Waals surface area contributed by atoms with E-state index in [2.05, 4.69) is 27.8 Å². The second kappa shape index (κ2) is 5.23. The lowest BCUT2D eigenvalue weighted by atomic mass is 9.84. The van der Waals surface area contributed by atoms with Crippen molar-refractivity contribution in [2.75, 3.05) is 6.79 Å². The Kier molecular flexibility index (Phi) is 3.57. The Morgan fingerprint density at radius 1 is 1.40 bits per heavy atom. The topological polar surface area (TPSA) is 47.9 Å². The molecule has 106 valence electrons. The maximum atomic E-state index is 10.9. The van der Waals surface area contributed by atoms with Crippen molar-refractivity contribution in [2.24, 2.45) is 4.99 Å². The first-order chi connectivity index (χ1) is 9.72. The normalized spacial score (nSPS) is 18.9. The molecule has 0 N–H and O–H groups in total. The largest absolute Gasteiger partial charge is 0.454 e. The summed E-state index contributed by atoms with van der Waals surface area (Å²) in [6, 6.07) is 2.00. The summed E-state index contributed by atoms with van der Waals surface area (Å²) in [4.78, 5) is 15.1. The van der Waals surface area contributed by atoms with Gasteiger partial charge in [-0.2, -0.15) is 4.99 Å². The highest BCUT2D eigenvalue weighted by Crippen LogP contribution is 2.50. The van der Waals surface area contributed by atoms with Gasteiger partial charge < -0.3 is 9.47 Å². The maximum Gasteiger partial charge on any atom is 0.235 e. The van der Waals surface area contributed by atoms with Crippen molar-refractivity contribution in [3.63, 3.8) is 0 Å². The Hall–Kier alpha value is -1.32. The number of ether oxygens (including phenoxy) is 2. The second-order valence-corrected chi connectivity index (χ2v) is 6.04. The molecule has 0 bridgehead atoms. The smallest absolute Gasteiger partial charge is 0.235 e. The first-order valence-electron chi connectivity index (χ1n) is 6.92. The fourth-order valence-corrected chi connectivity index (χ4v) is 4.09. The van der Waals surface area contributed by atoms with Crippen molar-refractivity contribution in [1.82, 2.24) is 0 Å². The summed E-state index contributed by atoms with van der Waals surface area (Å²) < 4.78 is 11.9. The number of hydrogen-bond acceptors (Lipinski definition) is 4. The highest BCUT2D eigenvalue weighted by atomic mass is 79.9. The van der Waals surface area contributed by atoms with Crippen molar-refractivity contribution in [3.05, 3.63) is 21.7 Å². The van der Waals surface area contributed by atoms with E-state index in [9.17, 15) is 4.79 Å². The summed E-state index contributed by atoms with van der Waals surface area (Å²) in [7, 11) is 0. The summed E-state index contributed by atoms with van der Waals surface area (Å²) in [5.74, 6) is 1.49. The van der Waals surface area contributed by atoms with Gasteiger partial charge in [0.2, 0.25) is 12.9 Å². The van der Waals surface area contributed by atoms with E-state index in [1.54, 1.807) is 6.08 Å². The summed E-state index contributed by atoms with van der Waals surface area (Å²) in [6.45, 7) is 2.34. The summed E-state index contributed by atoms with van der Waals surface area (Å²) in [6.07, 6.45) is 6.57. The molecule has 5 heteroatoms. The van der Waals surface area contributed by atoms with Gasteiger partial charge in [0.15, 0.2) is 11.5 Å². The lowest BCUT2D eigenvalue weighted by Crippen LogP contribution is -2.21. The Balaban J connectivity index is 2.22. The molecule has 1 heterocycles. The van der Waals surface area contributed by atoms with Crippen LogP contribution in [0.5, 0.6) is 11.5 Å². The average Bonchev–Trinajstić information content (AvgIpc) is 3.08. The Bertz CT molecular complexity index is 587. The van der Waals surface area contributed by atoms with Crippen LogP contribution in [-0.4, -0.2) is 12.9 Å². The number of aliphatic imine (C=N–C) groups is 1. The van der Waals surface area contributed by atoms with E-state index < -0.39 is 5.54 Å².